The predicted octanol–water partition coefficient (Wildman–Crippen LogP) is 7.74. The number of hydrogen-bond donors (Lipinski definition) is 0. The Morgan fingerprint density at radius 1 is 0.600 bits per heavy atom. The SMILES string of the molecule is CC(C)(C)[C@H]1CCCC[C@H]1C=COC=C[C@@H]1CCCC[C@@H]1C(C)(C)C. The van der Waals surface area contributed by atoms with E-state index in [4.69, 9.17) is 4.74 Å². The van der Waals surface area contributed by atoms with Crippen LogP contribution in [0.25, 0.3) is 0 Å². The van der Waals surface area contributed by atoms with Crippen molar-refractivity contribution in [3.8, 4) is 0 Å². The molecule has 0 saturated heterocycles. The van der Waals surface area contributed by atoms with E-state index < -0.39 is 0 Å². The molecular weight excluding hydrogens is 304 g/mol. The molecule has 2 aliphatic rings. The van der Waals surface area contributed by atoms with E-state index in [2.05, 4.69) is 53.7 Å². The number of allylic oxidation sites excluding steroid dienone is 2. The molecule has 2 fully saturated rings. The molecule has 1 heteroatoms. The summed E-state index contributed by atoms with van der Waals surface area (Å²) in [4.78, 5) is 0. The summed E-state index contributed by atoms with van der Waals surface area (Å²) < 4.78 is 5.80. The quantitative estimate of drug-likeness (QED) is 0.473. The molecule has 1 nitrogen and oxygen atoms in total. The monoisotopic (exact) mass is 346 g/mol. The van der Waals surface area contributed by atoms with Crippen molar-refractivity contribution in [1.82, 2.24) is 0 Å². The zero-order valence-corrected chi connectivity index (χ0v) is 17.7. The zero-order chi connectivity index (χ0) is 18.5. The van der Waals surface area contributed by atoms with Crippen LogP contribution >= 0.6 is 0 Å². The molecule has 0 unspecified atom stereocenters. The molecule has 0 aromatic carbocycles. The van der Waals surface area contributed by atoms with Gasteiger partial charge in [0, 0.05) is 0 Å². The van der Waals surface area contributed by atoms with Crippen LogP contribution in [0.2, 0.25) is 0 Å². The van der Waals surface area contributed by atoms with Crippen molar-refractivity contribution < 1.29 is 4.74 Å². The summed E-state index contributed by atoms with van der Waals surface area (Å²) in [6, 6.07) is 0. The lowest BCUT2D eigenvalue weighted by molar-refractivity contribution is 0.132. The third kappa shape index (κ3) is 6.19. The fourth-order valence-corrected chi connectivity index (χ4v) is 5.27. The molecule has 0 bridgehead atoms. The van der Waals surface area contributed by atoms with Gasteiger partial charge in [-0.1, -0.05) is 67.2 Å². The maximum Gasteiger partial charge on any atom is 0.0864 e. The number of ether oxygens (including phenoxy) is 1. The summed E-state index contributed by atoms with van der Waals surface area (Å²) in [5, 5.41) is 0. The van der Waals surface area contributed by atoms with Gasteiger partial charge in [0.25, 0.3) is 0 Å². The molecule has 144 valence electrons. The largest absolute Gasteiger partial charge is 0.473 e. The molecule has 4 atom stereocenters. The van der Waals surface area contributed by atoms with Crippen LogP contribution in [-0.2, 0) is 4.74 Å². The highest BCUT2D eigenvalue weighted by atomic mass is 16.5. The average Bonchev–Trinajstić information content (AvgIpc) is 2.53. The van der Waals surface area contributed by atoms with E-state index >= 15 is 0 Å². The van der Waals surface area contributed by atoms with Crippen molar-refractivity contribution in [3.05, 3.63) is 24.7 Å². The van der Waals surface area contributed by atoms with E-state index in [-0.39, 0.29) is 0 Å². The van der Waals surface area contributed by atoms with Gasteiger partial charge >= 0.3 is 0 Å². The first-order valence-electron chi connectivity index (χ1n) is 10.7. The van der Waals surface area contributed by atoms with E-state index in [0.717, 1.165) is 11.8 Å². The van der Waals surface area contributed by atoms with Crippen molar-refractivity contribution in [2.45, 2.75) is 92.9 Å². The van der Waals surface area contributed by atoms with Gasteiger partial charge in [0.15, 0.2) is 0 Å². The summed E-state index contributed by atoms with van der Waals surface area (Å²) >= 11 is 0. The summed E-state index contributed by atoms with van der Waals surface area (Å²) in [6.45, 7) is 14.3. The molecule has 0 aromatic rings. The highest BCUT2D eigenvalue weighted by Crippen LogP contribution is 2.43. The standard InChI is InChI=1S/C24H42O/c1-23(2,3)21-13-9-7-11-19(21)15-17-25-18-16-20-12-8-10-14-22(20)24(4,5)6/h15-22H,7-14H2,1-6H3/t19-,20-,21-,22-/m0/s1. The van der Waals surface area contributed by atoms with E-state index in [1.165, 1.54) is 51.4 Å². The van der Waals surface area contributed by atoms with Crippen molar-refractivity contribution >= 4 is 0 Å². The molecule has 0 amide bonds. The van der Waals surface area contributed by atoms with Crippen LogP contribution in [0.1, 0.15) is 92.9 Å². The minimum Gasteiger partial charge on any atom is -0.473 e. The van der Waals surface area contributed by atoms with Crippen molar-refractivity contribution in [1.29, 1.82) is 0 Å². The Kier molecular flexibility index (Phi) is 7.23. The number of hydrogen-bond acceptors (Lipinski definition) is 1. The smallest absolute Gasteiger partial charge is 0.0864 e. The average molecular weight is 347 g/mol. The molecule has 0 aliphatic heterocycles. The molecule has 0 radical (unpaired) electrons. The molecule has 25 heavy (non-hydrogen) atoms. The van der Waals surface area contributed by atoms with Crippen LogP contribution in [0.15, 0.2) is 24.7 Å². The van der Waals surface area contributed by atoms with Crippen LogP contribution in [0.3, 0.4) is 0 Å². The van der Waals surface area contributed by atoms with Crippen molar-refractivity contribution in [2.24, 2.45) is 34.5 Å². The summed E-state index contributed by atoms with van der Waals surface area (Å²) in [7, 11) is 0. The molecule has 0 heterocycles. The Hall–Kier alpha value is -0.720. The molecule has 0 N–H and O–H groups in total. The zero-order valence-electron chi connectivity index (χ0n) is 17.7. The second kappa shape index (κ2) is 8.78. The normalized spacial score (nSPS) is 32.4. The lowest BCUT2D eigenvalue weighted by Crippen LogP contribution is -2.30. The molecule has 0 spiro atoms. The molecule has 2 rings (SSSR count). The van der Waals surface area contributed by atoms with Gasteiger partial charge in [-0.25, -0.2) is 0 Å². The minimum atomic E-state index is 0.396. The van der Waals surface area contributed by atoms with Crippen molar-refractivity contribution in [3.63, 3.8) is 0 Å². The summed E-state index contributed by atoms with van der Waals surface area (Å²) in [5.74, 6) is 2.93. The fraction of sp³-hybridized carbons (Fsp3) is 0.833. The van der Waals surface area contributed by atoms with E-state index in [0.29, 0.717) is 22.7 Å². The van der Waals surface area contributed by atoms with Crippen molar-refractivity contribution in [2.75, 3.05) is 0 Å². The van der Waals surface area contributed by atoms with Gasteiger partial charge in [0.05, 0.1) is 12.5 Å². The molecule has 2 aliphatic carbocycles. The van der Waals surface area contributed by atoms with Crippen LogP contribution < -0.4 is 0 Å². The Labute approximate surface area is 157 Å². The lowest BCUT2D eigenvalue weighted by Gasteiger charge is -2.39. The van der Waals surface area contributed by atoms with Gasteiger partial charge in [-0.2, -0.15) is 0 Å². The second-order valence-electron chi connectivity index (χ2n) is 10.6. The number of rotatable bonds is 4. The summed E-state index contributed by atoms with van der Waals surface area (Å²) in [5.41, 5.74) is 0.792. The summed E-state index contributed by atoms with van der Waals surface area (Å²) in [6.07, 6.45) is 19.5. The van der Waals surface area contributed by atoms with Gasteiger partial charge in [0.2, 0.25) is 0 Å². The van der Waals surface area contributed by atoms with E-state index in [1.807, 2.05) is 12.5 Å². The van der Waals surface area contributed by atoms with Gasteiger partial charge in [-0.05, 0) is 72.3 Å². The minimum absolute atomic E-state index is 0.396. The van der Waals surface area contributed by atoms with E-state index in [9.17, 15) is 0 Å². The maximum absolute atomic E-state index is 5.80. The third-order valence-electron chi connectivity index (χ3n) is 6.67. The van der Waals surface area contributed by atoms with Gasteiger partial charge in [-0.3, -0.25) is 0 Å². The Bertz CT molecular complexity index is 404. The highest BCUT2D eigenvalue weighted by molar-refractivity contribution is 4.97. The van der Waals surface area contributed by atoms with Gasteiger partial charge in [0.1, 0.15) is 0 Å². The topological polar surface area (TPSA) is 9.23 Å². The molecular formula is C24H42O. The van der Waals surface area contributed by atoms with Crippen LogP contribution in [0.4, 0.5) is 0 Å². The Balaban J connectivity index is 1.88. The molecule has 2 saturated carbocycles. The van der Waals surface area contributed by atoms with Gasteiger partial charge < -0.3 is 4.74 Å². The Morgan fingerprint density at radius 3 is 1.32 bits per heavy atom. The third-order valence-corrected chi connectivity index (χ3v) is 6.67. The van der Waals surface area contributed by atoms with E-state index in [1.54, 1.807) is 0 Å². The Morgan fingerprint density at radius 2 is 0.960 bits per heavy atom. The molecule has 0 aromatic heterocycles. The van der Waals surface area contributed by atoms with Crippen LogP contribution in [0.5, 0.6) is 0 Å². The maximum atomic E-state index is 5.80. The first-order valence-corrected chi connectivity index (χ1v) is 10.7. The van der Waals surface area contributed by atoms with Gasteiger partial charge in [-0.15, -0.1) is 0 Å². The predicted molar refractivity (Wildman–Crippen MR) is 109 cm³/mol. The lowest BCUT2D eigenvalue weighted by atomic mass is 9.66. The highest BCUT2D eigenvalue weighted by Gasteiger charge is 2.33. The second-order valence-corrected chi connectivity index (χ2v) is 10.6. The van der Waals surface area contributed by atoms with Crippen LogP contribution in [-0.4, -0.2) is 0 Å². The first kappa shape index (κ1) is 20.6. The first-order chi connectivity index (χ1) is 11.7. The van der Waals surface area contributed by atoms with Crippen LogP contribution in [0, 0.1) is 34.5 Å². The fourth-order valence-electron chi connectivity index (χ4n) is 5.27.